The highest BCUT2D eigenvalue weighted by Gasteiger charge is 2.19. The minimum absolute atomic E-state index is 0.145. The van der Waals surface area contributed by atoms with Crippen molar-refractivity contribution in [1.82, 2.24) is 9.97 Å². The molecular formula is C22H17BrN4O6. The zero-order valence-corrected chi connectivity index (χ0v) is 18.8. The van der Waals surface area contributed by atoms with E-state index in [1.807, 2.05) is 11.1 Å². The molecule has 0 amide bonds. The molecule has 168 valence electrons. The number of hydrogen-bond donors (Lipinski definition) is 2. The van der Waals surface area contributed by atoms with Crippen molar-refractivity contribution in [2.75, 3.05) is 6.61 Å². The molecule has 0 aliphatic heterocycles. The van der Waals surface area contributed by atoms with Gasteiger partial charge in [0.1, 0.15) is 12.3 Å². The van der Waals surface area contributed by atoms with E-state index in [0.29, 0.717) is 39.3 Å². The van der Waals surface area contributed by atoms with E-state index in [2.05, 4.69) is 27.0 Å². The number of nitro groups is 1. The van der Waals surface area contributed by atoms with E-state index >= 15 is 0 Å². The monoisotopic (exact) mass is 512 g/mol. The van der Waals surface area contributed by atoms with Crippen LogP contribution in [0.3, 0.4) is 0 Å². The first-order valence-electron chi connectivity index (χ1n) is 9.60. The average Bonchev–Trinajstić information content (AvgIpc) is 2.77. The zero-order chi connectivity index (χ0) is 24.0. The number of rotatable bonds is 8. The van der Waals surface area contributed by atoms with E-state index in [0.717, 1.165) is 0 Å². The second kappa shape index (κ2) is 10.4. The third kappa shape index (κ3) is 5.55. The van der Waals surface area contributed by atoms with Crippen LogP contribution in [0.4, 0.5) is 5.69 Å². The first-order chi connectivity index (χ1) is 15.8. The molecule has 1 heterocycles. The number of hydrogen-bond acceptors (Lipinski definition) is 7. The highest BCUT2D eigenvalue weighted by Crippen LogP contribution is 2.35. The van der Waals surface area contributed by atoms with Crippen LogP contribution >= 0.6 is 15.9 Å². The quantitative estimate of drug-likeness (QED) is 0.344. The standard InChI is InChI=1S/C22H17BrN4O6/c1-2-32-18-9-13(7-8-17-20(27(30)31)21(28)26-22(29)25-17)16(23)10-19(18)33-12-15-6-4-3-5-14(15)11-24/h3-10H,2,12H2,1H3,(H2,25,26,28,29). The van der Waals surface area contributed by atoms with E-state index in [4.69, 9.17) is 9.47 Å². The molecule has 0 spiro atoms. The second-order valence-corrected chi connectivity index (χ2v) is 7.43. The Morgan fingerprint density at radius 2 is 1.88 bits per heavy atom. The molecule has 0 bridgehead atoms. The van der Waals surface area contributed by atoms with Gasteiger partial charge in [-0.05, 0) is 36.8 Å². The van der Waals surface area contributed by atoms with Gasteiger partial charge in [-0.2, -0.15) is 5.26 Å². The summed E-state index contributed by atoms with van der Waals surface area (Å²) in [7, 11) is 0. The maximum absolute atomic E-state index is 11.8. The van der Waals surface area contributed by atoms with Crippen LogP contribution in [0.15, 0.2) is 50.5 Å². The third-order valence-corrected chi connectivity index (χ3v) is 5.13. The van der Waals surface area contributed by atoms with E-state index < -0.39 is 21.9 Å². The molecule has 2 N–H and O–H groups in total. The molecule has 0 atom stereocenters. The lowest BCUT2D eigenvalue weighted by Gasteiger charge is -2.14. The third-order valence-electron chi connectivity index (χ3n) is 4.44. The molecule has 10 nitrogen and oxygen atoms in total. The van der Waals surface area contributed by atoms with Crippen LogP contribution < -0.4 is 20.7 Å². The summed E-state index contributed by atoms with van der Waals surface area (Å²) in [5.74, 6) is 0.827. The second-order valence-electron chi connectivity index (χ2n) is 6.57. The molecule has 0 saturated carbocycles. The van der Waals surface area contributed by atoms with Crippen molar-refractivity contribution in [3.8, 4) is 17.6 Å². The Labute approximate surface area is 195 Å². The van der Waals surface area contributed by atoms with Gasteiger partial charge in [-0.3, -0.25) is 19.9 Å². The average molecular weight is 513 g/mol. The summed E-state index contributed by atoms with van der Waals surface area (Å²) in [5, 5.41) is 20.5. The molecule has 0 fully saturated rings. The minimum Gasteiger partial charge on any atom is -0.490 e. The number of aromatic nitrogens is 2. The zero-order valence-electron chi connectivity index (χ0n) is 17.3. The Morgan fingerprint density at radius 3 is 2.58 bits per heavy atom. The Kier molecular flexibility index (Phi) is 7.42. The molecule has 0 saturated heterocycles. The topological polar surface area (TPSA) is 151 Å². The van der Waals surface area contributed by atoms with Crippen molar-refractivity contribution in [3.63, 3.8) is 0 Å². The lowest BCUT2D eigenvalue weighted by molar-refractivity contribution is -0.386. The van der Waals surface area contributed by atoms with E-state index in [9.17, 15) is 25.0 Å². The summed E-state index contributed by atoms with van der Waals surface area (Å²) in [5.41, 5.74) is -1.20. The molecular weight excluding hydrogens is 496 g/mol. The SMILES string of the molecule is CCOc1cc(C=Cc2[nH]c(=O)[nH]c(=O)c2[N+](=O)[O-])c(Br)cc1OCc1ccccc1C#N. The van der Waals surface area contributed by atoms with Gasteiger partial charge < -0.3 is 14.5 Å². The fourth-order valence-corrected chi connectivity index (χ4v) is 3.40. The van der Waals surface area contributed by atoms with Gasteiger partial charge in [0.2, 0.25) is 0 Å². The summed E-state index contributed by atoms with van der Waals surface area (Å²) >= 11 is 3.42. The van der Waals surface area contributed by atoms with Crippen molar-refractivity contribution in [1.29, 1.82) is 5.26 Å². The maximum Gasteiger partial charge on any atom is 0.357 e. The minimum atomic E-state index is -1.10. The molecule has 11 heteroatoms. The lowest BCUT2D eigenvalue weighted by Crippen LogP contribution is -2.25. The molecule has 2 aromatic carbocycles. The van der Waals surface area contributed by atoms with Crippen LogP contribution in [0.5, 0.6) is 11.5 Å². The van der Waals surface area contributed by atoms with Gasteiger partial charge in [-0.1, -0.05) is 40.2 Å². The predicted octanol–water partition coefficient (Wildman–Crippen LogP) is 3.75. The lowest BCUT2D eigenvalue weighted by atomic mass is 10.1. The van der Waals surface area contributed by atoms with Gasteiger partial charge in [-0.15, -0.1) is 0 Å². The van der Waals surface area contributed by atoms with Crippen LogP contribution in [-0.2, 0) is 6.61 Å². The summed E-state index contributed by atoms with van der Waals surface area (Å²) in [6, 6.07) is 12.5. The fraction of sp³-hybridized carbons (Fsp3) is 0.136. The molecule has 3 rings (SSSR count). The number of halogens is 1. The molecule has 3 aromatic rings. The highest BCUT2D eigenvalue weighted by atomic mass is 79.9. The Hall–Kier alpha value is -4.17. The smallest absolute Gasteiger partial charge is 0.357 e. The summed E-state index contributed by atoms with van der Waals surface area (Å²) in [6.07, 6.45) is 2.74. The highest BCUT2D eigenvalue weighted by molar-refractivity contribution is 9.10. The van der Waals surface area contributed by atoms with Crippen LogP contribution in [0.25, 0.3) is 12.2 Å². The predicted molar refractivity (Wildman–Crippen MR) is 124 cm³/mol. The fourth-order valence-electron chi connectivity index (χ4n) is 2.94. The largest absolute Gasteiger partial charge is 0.490 e. The first kappa shape index (κ1) is 23.5. The molecule has 1 aromatic heterocycles. The Morgan fingerprint density at radius 1 is 1.15 bits per heavy atom. The molecule has 0 aliphatic carbocycles. The number of nitriles is 1. The van der Waals surface area contributed by atoms with E-state index in [-0.39, 0.29) is 12.3 Å². The van der Waals surface area contributed by atoms with Crippen LogP contribution in [0, 0.1) is 21.4 Å². The number of H-pyrrole nitrogens is 2. The Balaban J connectivity index is 1.95. The van der Waals surface area contributed by atoms with Crippen molar-refractivity contribution >= 4 is 33.8 Å². The van der Waals surface area contributed by atoms with Crippen molar-refractivity contribution in [2.45, 2.75) is 13.5 Å². The van der Waals surface area contributed by atoms with Crippen molar-refractivity contribution in [3.05, 3.63) is 94.2 Å². The van der Waals surface area contributed by atoms with E-state index in [1.54, 1.807) is 37.3 Å². The van der Waals surface area contributed by atoms with Crippen molar-refractivity contribution in [2.24, 2.45) is 0 Å². The number of benzene rings is 2. The Bertz CT molecular complexity index is 1390. The summed E-state index contributed by atoms with van der Waals surface area (Å²) < 4.78 is 12.1. The maximum atomic E-state index is 11.8. The number of aromatic amines is 2. The van der Waals surface area contributed by atoms with Crippen LogP contribution in [-0.4, -0.2) is 21.5 Å². The molecule has 0 aliphatic rings. The summed E-state index contributed by atoms with van der Waals surface area (Å²) in [4.78, 5) is 37.8. The van der Waals surface area contributed by atoms with Crippen LogP contribution in [0.2, 0.25) is 0 Å². The molecule has 33 heavy (non-hydrogen) atoms. The number of ether oxygens (including phenoxy) is 2. The van der Waals surface area contributed by atoms with Gasteiger partial charge in [-0.25, -0.2) is 4.79 Å². The molecule has 0 unspecified atom stereocenters. The van der Waals surface area contributed by atoms with Gasteiger partial charge in [0.05, 0.1) is 23.2 Å². The molecule has 0 radical (unpaired) electrons. The van der Waals surface area contributed by atoms with E-state index in [1.165, 1.54) is 12.2 Å². The van der Waals surface area contributed by atoms with Gasteiger partial charge in [0.25, 0.3) is 0 Å². The number of nitrogens with zero attached hydrogens (tertiary/aromatic N) is 2. The summed E-state index contributed by atoms with van der Waals surface area (Å²) in [6.45, 7) is 2.30. The van der Waals surface area contributed by atoms with Crippen LogP contribution in [0.1, 0.15) is 29.3 Å². The normalized spacial score (nSPS) is 10.7. The van der Waals surface area contributed by atoms with Gasteiger partial charge in [0, 0.05) is 10.0 Å². The van der Waals surface area contributed by atoms with Gasteiger partial charge >= 0.3 is 16.9 Å². The van der Waals surface area contributed by atoms with Crippen molar-refractivity contribution < 1.29 is 14.4 Å². The first-order valence-corrected chi connectivity index (χ1v) is 10.4. The number of nitrogens with one attached hydrogen (secondary N) is 2. The van der Waals surface area contributed by atoms with Gasteiger partial charge in [0.15, 0.2) is 11.5 Å².